The number of benzene rings is 3. The zero-order chi connectivity index (χ0) is 18.5. The molecular formula is C23H17NO3. The molecule has 0 unspecified atom stereocenters. The predicted molar refractivity (Wildman–Crippen MR) is 105 cm³/mol. The number of aromatic nitrogens is 1. The fraction of sp³-hybridized carbons (Fsp3) is 0.0870. The highest BCUT2D eigenvalue weighted by Crippen LogP contribution is 2.43. The number of ketones is 1. The minimum Gasteiger partial charge on any atom is -0.508 e. The summed E-state index contributed by atoms with van der Waals surface area (Å²) in [5.41, 5.74) is 5.44. The molecule has 0 bridgehead atoms. The average Bonchev–Trinajstić information content (AvgIpc) is 3.17. The standard InChI is InChI=1S/C23H17NO3/c1-27-16-10-11-19-20(12-16)24(13-14-6-8-15(25)9-7-14)22-17-4-2-3-5-18(17)23(26)21(19)22/h2-12,25H,13H2,1H3. The lowest BCUT2D eigenvalue weighted by atomic mass is 10.1. The molecule has 0 radical (unpaired) electrons. The van der Waals surface area contributed by atoms with Gasteiger partial charge >= 0.3 is 0 Å². The monoisotopic (exact) mass is 355 g/mol. The Morgan fingerprint density at radius 2 is 1.70 bits per heavy atom. The highest BCUT2D eigenvalue weighted by Gasteiger charge is 2.33. The molecule has 0 aliphatic heterocycles. The molecule has 1 aliphatic rings. The Hall–Kier alpha value is -3.53. The van der Waals surface area contributed by atoms with Crippen molar-refractivity contribution >= 4 is 16.7 Å². The molecule has 27 heavy (non-hydrogen) atoms. The number of ether oxygens (including phenoxy) is 1. The highest BCUT2D eigenvalue weighted by molar-refractivity contribution is 6.27. The molecular weight excluding hydrogens is 338 g/mol. The van der Waals surface area contributed by atoms with Crippen LogP contribution in [0, 0.1) is 0 Å². The minimum absolute atomic E-state index is 0.0697. The number of carbonyl (C=O) groups is 1. The van der Waals surface area contributed by atoms with Crippen LogP contribution in [0.3, 0.4) is 0 Å². The van der Waals surface area contributed by atoms with Gasteiger partial charge < -0.3 is 14.4 Å². The Bertz CT molecular complexity index is 1200. The van der Waals surface area contributed by atoms with E-state index in [-0.39, 0.29) is 11.5 Å². The van der Waals surface area contributed by atoms with Crippen LogP contribution in [0.5, 0.6) is 11.5 Å². The van der Waals surface area contributed by atoms with Crippen LogP contribution in [0.15, 0.2) is 66.7 Å². The summed E-state index contributed by atoms with van der Waals surface area (Å²) in [6, 6.07) is 20.7. The third-order valence-corrected chi connectivity index (χ3v) is 5.20. The summed E-state index contributed by atoms with van der Waals surface area (Å²) in [4.78, 5) is 13.1. The van der Waals surface area contributed by atoms with Crippen LogP contribution < -0.4 is 4.74 Å². The number of aromatic hydroxyl groups is 1. The molecule has 5 rings (SSSR count). The van der Waals surface area contributed by atoms with E-state index < -0.39 is 0 Å². The molecule has 1 heterocycles. The van der Waals surface area contributed by atoms with Crippen LogP contribution in [0.4, 0.5) is 0 Å². The summed E-state index contributed by atoms with van der Waals surface area (Å²) in [7, 11) is 1.64. The maximum Gasteiger partial charge on any atom is 0.196 e. The SMILES string of the molecule is COc1ccc2c3c(n(Cc4ccc(O)cc4)c2c1)-c1ccccc1C3=O. The van der Waals surface area contributed by atoms with Gasteiger partial charge in [-0.25, -0.2) is 0 Å². The predicted octanol–water partition coefficient (Wildman–Crippen LogP) is 4.62. The van der Waals surface area contributed by atoms with E-state index >= 15 is 0 Å². The first-order valence-corrected chi connectivity index (χ1v) is 8.79. The molecule has 132 valence electrons. The van der Waals surface area contributed by atoms with E-state index in [0.717, 1.165) is 44.6 Å². The highest BCUT2D eigenvalue weighted by atomic mass is 16.5. The molecule has 0 saturated heterocycles. The number of rotatable bonds is 3. The normalized spacial score (nSPS) is 12.3. The van der Waals surface area contributed by atoms with E-state index in [0.29, 0.717) is 6.54 Å². The van der Waals surface area contributed by atoms with Gasteiger partial charge in [0.1, 0.15) is 11.5 Å². The zero-order valence-electron chi connectivity index (χ0n) is 14.8. The number of methoxy groups -OCH3 is 1. The molecule has 3 aromatic carbocycles. The zero-order valence-corrected chi connectivity index (χ0v) is 14.8. The van der Waals surface area contributed by atoms with Gasteiger partial charge in [-0.2, -0.15) is 0 Å². The molecule has 1 aliphatic carbocycles. The van der Waals surface area contributed by atoms with Crippen LogP contribution in [-0.2, 0) is 6.54 Å². The van der Waals surface area contributed by atoms with Crippen molar-refractivity contribution in [3.63, 3.8) is 0 Å². The van der Waals surface area contributed by atoms with Crippen molar-refractivity contribution < 1.29 is 14.6 Å². The fourth-order valence-corrected chi connectivity index (χ4v) is 3.94. The Morgan fingerprint density at radius 3 is 2.44 bits per heavy atom. The van der Waals surface area contributed by atoms with E-state index in [1.165, 1.54) is 0 Å². The van der Waals surface area contributed by atoms with Crippen molar-refractivity contribution in [1.82, 2.24) is 4.57 Å². The molecule has 0 fully saturated rings. The summed E-state index contributed by atoms with van der Waals surface area (Å²) in [6.45, 7) is 0.598. The van der Waals surface area contributed by atoms with E-state index in [9.17, 15) is 9.90 Å². The van der Waals surface area contributed by atoms with Crippen molar-refractivity contribution in [3.8, 4) is 22.8 Å². The summed E-state index contributed by atoms with van der Waals surface area (Å²) in [6.07, 6.45) is 0. The Labute approximate surface area is 156 Å². The number of hydrogen-bond donors (Lipinski definition) is 1. The van der Waals surface area contributed by atoms with E-state index in [2.05, 4.69) is 4.57 Å². The summed E-state index contributed by atoms with van der Waals surface area (Å²) in [5, 5.41) is 10.5. The molecule has 1 aromatic heterocycles. The Balaban J connectivity index is 1.81. The van der Waals surface area contributed by atoms with Crippen molar-refractivity contribution in [2.75, 3.05) is 7.11 Å². The van der Waals surface area contributed by atoms with Gasteiger partial charge in [0.05, 0.1) is 23.9 Å². The minimum atomic E-state index is 0.0697. The quantitative estimate of drug-likeness (QED) is 0.514. The van der Waals surface area contributed by atoms with Crippen molar-refractivity contribution in [2.45, 2.75) is 6.54 Å². The average molecular weight is 355 g/mol. The maximum absolute atomic E-state index is 13.1. The Morgan fingerprint density at radius 1 is 0.963 bits per heavy atom. The second-order valence-corrected chi connectivity index (χ2v) is 6.73. The van der Waals surface area contributed by atoms with Gasteiger partial charge in [-0.15, -0.1) is 0 Å². The van der Waals surface area contributed by atoms with Gasteiger partial charge in [0.2, 0.25) is 0 Å². The van der Waals surface area contributed by atoms with Gasteiger partial charge in [-0.3, -0.25) is 4.79 Å². The second-order valence-electron chi connectivity index (χ2n) is 6.73. The lowest BCUT2D eigenvalue weighted by Crippen LogP contribution is -2.01. The first-order valence-electron chi connectivity index (χ1n) is 8.79. The molecule has 1 N–H and O–H groups in total. The van der Waals surface area contributed by atoms with Crippen molar-refractivity contribution in [2.24, 2.45) is 0 Å². The number of carbonyl (C=O) groups excluding carboxylic acids is 1. The molecule has 4 nitrogen and oxygen atoms in total. The molecule has 4 heteroatoms. The largest absolute Gasteiger partial charge is 0.508 e. The van der Waals surface area contributed by atoms with Crippen molar-refractivity contribution in [1.29, 1.82) is 0 Å². The number of fused-ring (bicyclic) bond motifs is 5. The lowest BCUT2D eigenvalue weighted by Gasteiger charge is -2.12. The van der Waals surface area contributed by atoms with E-state index in [4.69, 9.17) is 4.74 Å². The smallest absolute Gasteiger partial charge is 0.196 e. The van der Waals surface area contributed by atoms with Crippen LogP contribution in [0.25, 0.3) is 22.2 Å². The second kappa shape index (κ2) is 5.74. The molecule has 0 amide bonds. The van der Waals surface area contributed by atoms with Crippen LogP contribution in [-0.4, -0.2) is 22.6 Å². The summed E-state index contributed by atoms with van der Waals surface area (Å²) < 4.78 is 7.58. The third-order valence-electron chi connectivity index (χ3n) is 5.20. The topological polar surface area (TPSA) is 51.5 Å². The van der Waals surface area contributed by atoms with Crippen LogP contribution >= 0.6 is 0 Å². The first kappa shape index (κ1) is 15.7. The van der Waals surface area contributed by atoms with Crippen LogP contribution in [0.2, 0.25) is 0 Å². The fourth-order valence-electron chi connectivity index (χ4n) is 3.94. The number of phenols is 1. The van der Waals surface area contributed by atoms with Gasteiger partial charge in [0.15, 0.2) is 5.78 Å². The maximum atomic E-state index is 13.1. The van der Waals surface area contributed by atoms with Gasteiger partial charge in [0, 0.05) is 29.1 Å². The molecule has 0 atom stereocenters. The molecule has 0 saturated carbocycles. The summed E-state index contributed by atoms with van der Waals surface area (Å²) >= 11 is 0. The van der Waals surface area contributed by atoms with Crippen LogP contribution in [0.1, 0.15) is 21.5 Å². The first-order chi connectivity index (χ1) is 13.2. The third kappa shape index (κ3) is 2.27. The van der Waals surface area contributed by atoms with Crippen molar-refractivity contribution in [3.05, 3.63) is 83.4 Å². The number of phenolic OH excluding ortho intramolecular Hbond substituents is 1. The number of nitrogens with zero attached hydrogens (tertiary/aromatic N) is 1. The lowest BCUT2D eigenvalue weighted by molar-refractivity contribution is 0.104. The van der Waals surface area contributed by atoms with E-state index in [1.54, 1.807) is 19.2 Å². The molecule has 4 aromatic rings. The van der Waals surface area contributed by atoms with Gasteiger partial charge in [-0.1, -0.05) is 36.4 Å². The van der Waals surface area contributed by atoms with Gasteiger partial charge in [-0.05, 0) is 29.8 Å². The Kier molecular flexibility index (Phi) is 3.34. The molecule has 0 spiro atoms. The van der Waals surface area contributed by atoms with Gasteiger partial charge in [0.25, 0.3) is 0 Å². The summed E-state index contributed by atoms with van der Waals surface area (Å²) in [5.74, 6) is 1.06. The van der Waals surface area contributed by atoms with E-state index in [1.807, 2.05) is 54.6 Å². The number of hydrogen-bond acceptors (Lipinski definition) is 3.